The fourth-order valence-electron chi connectivity index (χ4n) is 5.11. The molecule has 1 aliphatic heterocycles. The monoisotopic (exact) mass is 408 g/mol. The second-order valence-corrected chi connectivity index (χ2v) is 10.3. The van der Waals surface area contributed by atoms with Crippen LogP contribution < -0.4 is 16.0 Å². The zero-order valence-electron chi connectivity index (χ0n) is 19.0. The van der Waals surface area contributed by atoms with Crippen molar-refractivity contribution < 1.29 is 14.3 Å². The zero-order chi connectivity index (χ0) is 21.2. The zero-order valence-corrected chi connectivity index (χ0v) is 19.0. The molecular weight excluding hydrogens is 368 g/mol. The summed E-state index contributed by atoms with van der Waals surface area (Å²) in [4.78, 5) is 16.7. The minimum Gasteiger partial charge on any atom is -0.444 e. The van der Waals surface area contributed by atoms with Crippen LogP contribution in [0.3, 0.4) is 0 Å². The van der Waals surface area contributed by atoms with Crippen molar-refractivity contribution in [1.29, 1.82) is 0 Å². The van der Waals surface area contributed by atoms with Crippen molar-refractivity contribution in [1.82, 2.24) is 16.0 Å². The Kier molecular flexibility index (Phi) is 6.66. The molecule has 0 aromatic carbocycles. The normalized spacial score (nSPS) is 34.0. The molecule has 3 atom stereocenters. The summed E-state index contributed by atoms with van der Waals surface area (Å²) in [7, 11) is 0. The maximum Gasteiger partial charge on any atom is 0.407 e. The molecular formula is C22H40N4O3. The summed E-state index contributed by atoms with van der Waals surface area (Å²) < 4.78 is 11.3. The van der Waals surface area contributed by atoms with Crippen LogP contribution in [0.1, 0.15) is 73.6 Å². The van der Waals surface area contributed by atoms with Crippen LogP contribution in [0.15, 0.2) is 4.99 Å². The van der Waals surface area contributed by atoms with Gasteiger partial charge in [-0.25, -0.2) is 4.79 Å². The lowest BCUT2D eigenvalue weighted by molar-refractivity contribution is -0.106. The van der Waals surface area contributed by atoms with Crippen LogP contribution in [0, 0.1) is 11.3 Å². The summed E-state index contributed by atoms with van der Waals surface area (Å²) in [5, 5.41) is 10.4. The highest BCUT2D eigenvalue weighted by molar-refractivity contribution is 5.80. The van der Waals surface area contributed by atoms with Gasteiger partial charge in [-0.15, -0.1) is 0 Å². The number of carbonyl (C=O) groups is 1. The predicted octanol–water partition coefficient (Wildman–Crippen LogP) is 3.19. The van der Waals surface area contributed by atoms with E-state index >= 15 is 0 Å². The second-order valence-electron chi connectivity index (χ2n) is 10.3. The fourth-order valence-corrected chi connectivity index (χ4v) is 5.11. The third-order valence-corrected chi connectivity index (χ3v) is 6.50. The molecule has 29 heavy (non-hydrogen) atoms. The first kappa shape index (κ1) is 22.2. The highest BCUT2D eigenvalue weighted by Crippen LogP contribution is 2.52. The summed E-state index contributed by atoms with van der Waals surface area (Å²) in [6.07, 6.45) is 5.10. The summed E-state index contributed by atoms with van der Waals surface area (Å²) in [6.45, 7) is 13.9. The number of carbonyl (C=O) groups excluding carboxylic acids is 1. The van der Waals surface area contributed by atoms with Gasteiger partial charge in [0.15, 0.2) is 5.96 Å². The minimum atomic E-state index is -0.460. The molecule has 3 rings (SSSR count). The largest absolute Gasteiger partial charge is 0.444 e. The molecule has 3 fully saturated rings. The molecule has 7 heteroatoms. The third kappa shape index (κ3) is 5.36. The van der Waals surface area contributed by atoms with Gasteiger partial charge in [-0.05, 0) is 59.8 Å². The number of amides is 1. The van der Waals surface area contributed by atoms with E-state index in [9.17, 15) is 4.79 Å². The number of nitrogens with one attached hydrogen (secondary N) is 3. The van der Waals surface area contributed by atoms with Crippen molar-refractivity contribution in [3.8, 4) is 0 Å². The molecule has 7 nitrogen and oxygen atoms in total. The molecule has 3 aliphatic rings. The van der Waals surface area contributed by atoms with Crippen LogP contribution in [0.4, 0.5) is 4.79 Å². The maximum atomic E-state index is 12.0. The quantitative estimate of drug-likeness (QED) is 0.491. The van der Waals surface area contributed by atoms with Crippen molar-refractivity contribution >= 4 is 12.1 Å². The van der Waals surface area contributed by atoms with E-state index in [1.807, 2.05) is 20.8 Å². The Morgan fingerprint density at radius 3 is 2.28 bits per heavy atom. The van der Waals surface area contributed by atoms with Gasteiger partial charge in [-0.1, -0.05) is 13.8 Å². The molecule has 166 valence electrons. The lowest BCUT2D eigenvalue weighted by Gasteiger charge is -2.55. The number of fused-ring (bicyclic) bond motifs is 1. The van der Waals surface area contributed by atoms with Gasteiger partial charge in [0, 0.05) is 42.6 Å². The van der Waals surface area contributed by atoms with Crippen LogP contribution in [0.25, 0.3) is 0 Å². The molecule has 0 aromatic rings. The Bertz CT molecular complexity index is 606. The number of ether oxygens (including phenoxy) is 2. The Labute approximate surface area is 175 Å². The number of nitrogens with zero attached hydrogens (tertiary/aromatic N) is 1. The van der Waals surface area contributed by atoms with Gasteiger partial charge in [0.2, 0.25) is 0 Å². The topological polar surface area (TPSA) is 84.0 Å². The van der Waals surface area contributed by atoms with Gasteiger partial charge in [-0.2, -0.15) is 0 Å². The van der Waals surface area contributed by atoms with E-state index in [1.54, 1.807) is 0 Å². The van der Waals surface area contributed by atoms with Crippen molar-refractivity contribution in [3.63, 3.8) is 0 Å². The number of alkyl carbamates (subject to hydrolysis) is 1. The molecule has 2 saturated carbocycles. The third-order valence-electron chi connectivity index (χ3n) is 6.50. The molecule has 1 amide bonds. The Morgan fingerprint density at radius 2 is 1.69 bits per heavy atom. The van der Waals surface area contributed by atoms with Gasteiger partial charge >= 0.3 is 6.09 Å². The molecule has 3 N–H and O–H groups in total. The second kappa shape index (κ2) is 8.70. The Hall–Kier alpha value is -1.50. The summed E-state index contributed by atoms with van der Waals surface area (Å²) in [5.41, 5.74) is -0.328. The number of rotatable bonds is 4. The summed E-state index contributed by atoms with van der Waals surface area (Å²) >= 11 is 0. The Balaban J connectivity index is 1.46. The van der Waals surface area contributed by atoms with Gasteiger partial charge in [0.1, 0.15) is 5.60 Å². The molecule has 1 heterocycles. The average molecular weight is 409 g/mol. The molecule has 1 saturated heterocycles. The predicted molar refractivity (Wildman–Crippen MR) is 115 cm³/mol. The van der Waals surface area contributed by atoms with E-state index in [1.165, 1.54) is 0 Å². The van der Waals surface area contributed by atoms with E-state index in [0.717, 1.165) is 51.2 Å². The highest BCUT2D eigenvalue weighted by Gasteiger charge is 2.59. The van der Waals surface area contributed by atoms with Crippen LogP contribution in [0.5, 0.6) is 0 Å². The molecule has 0 radical (unpaired) electrons. The molecule has 2 aliphatic carbocycles. The van der Waals surface area contributed by atoms with Crippen molar-refractivity contribution in [2.24, 2.45) is 16.3 Å². The summed E-state index contributed by atoms with van der Waals surface area (Å²) in [6, 6.07) is 0.964. The number of guanidine groups is 1. The number of aliphatic imine (C=N–C) groups is 1. The lowest BCUT2D eigenvalue weighted by atomic mass is 9.57. The lowest BCUT2D eigenvalue weighted by Crippen LogP contribution is -2.68. The van der Waals surface area contributed by atoms with Gasteiger partial charge < -0.3 is 25.4 Å². The first-order chi connectivity index (χ1) is 13.6. The SMILES string of the molecule is CCN=C(NC1CCC(NC(=O)OC(C)(C)C)CC1)NC1C2CCOC2C1(C)C. The van der Waals surface area contributed by atoms with E-state index in [-0.39, 0.29) is 17.6 Å². The van der Waals surface area contributed by atoms with Gasteiger partial charge in [0.25, 0.3) is 0 Å². The van der Waals surface area contributed by atoms with Crippen LogP contribution in [-0.4, -0.2) is 55.0 Å². The minimum absolute atomic E-state index is 0.131. The van der Waals surface area contributed by atoms with Crippen molar-refractivity contribution in [2.45, 2.75) is 103 Å². The molecule has 0 spiro atoms. The summed E-state index contributed by atoms with van der Waals surface area (Å²) in [5.74, 6) is 1.50. The Morgan fingerprint density at radius 1 is 1.07 bits per heavy atom. The van der Waals surface area contributed by atoms with Crippen LogP contribution in [0.2, 0.25) is 0 Å². The molecule has 0 bridgehead atoms. The maximum absolute atomic E-state index is 12.0. The van der Waals surface area contributed by atoms with Gasteiger partial charge in [0.05, 0.1) is 6.10 Å². The van der Waals surface area contributed by atoms with Crippen molar-refractivity contribution in [3.05, 3.63) is 0 Å². The molecule has 3 unspecified atom stereocenters. The highest BCUT2D eigenvalue weighted by atomic mass is 16.6. The number of hydrogen-bond donors (Lipinski definition) is 3. The van der Waals surface area contributed by atoms with E-state index in [0.29, 0.717) is 24.1 Å². The van der Waals surface area contributed by atoms with Crippen molar-refractivity contribution in [2.75, 3.05) is 13.2 Å². The standard InChI is InChI=1S/C22H40N4O3/c1-7-23-19(26-17-16-12-13-28-18(16)22(17,5)6)24-14-8-10-15(11-9-14)25-20(27)29-21(2,3)4/h14-18H,7-13H2,1-6H3,(H,25,27)(H2,23,24,26). The van der Waals surface area contributed by atoms with Crippen LogP contribution in [-0.2, 0) is 9.47 Å². The van der Waals surface area contributed by atoms with Gasteiger partial charge in [-0.3, -0.25) is 4.99 Å². The van der Waals surface area contributed by atoms with Crippen LogP contribution >= 0.6 is 0 Å². The van der Waals surface area contributed by atoms with E-state index in [4.69, 9.17) is 14.5 Å². The average Bonchev–Trinajstić information content (AvgIpc) is 3.07. The smallest absolute Gasteiger partial charge is 0.407 e. The molecule has 0 aromatic heterocycles. The fraction of sp³-hybridized carbons (Fsp3) is 0.909. The first-order valence-corrected chi connectivity index (χ1v) is 11.3. The van der Waals surface area contributed by atoms with E-state index < -0.39 is 5.60 Å². The van der Waals surface area contributed by atoms with E-state index in [2.05, 4.69) is 36.7 Å². The first-order valence-electron chi connectivity index (χ1n) is 11.3. The number of hydrogen-bond acceptors (Lipinski definition) is 4.